The van der Waals surface area contributed by atoms with Crippen molar-refractivity contribution in [2.24, 2.45) is 5.10 Å². The smallest absolute Gasteiger partial charge is 0.358 e. The number of hydrogen-bond donors (Lipinski definition) is 1. The molecule has 2 aromatic carbocycles. The Morgan fingerprint density at radius 1 is 1.12 bits per heavy atom. The lowest BCUT2D eigenvalue weighted by molar-refractivity contribution is 0.0596. The van der Waals surface area contributed by atoms with Gasteiger partial charge in [0.05, 0.1) is 18.2 Å². The Morgan fingerprint density at radius 3 is 2.46 bits per heavy atom. The van der Waals surface area contributed by atoms with Gasteiger partial charge in [-0.15, -0.1) is 0 Å². The normalized spacial score (nSPS) is 10.7. The van der Waals surface area contributed by atoms with E-state index in [0.29, 0.717) is 5.13 Å². The van der Waals surface area contributed by atoms with Gasteiger partial charge >= 0.3 is 5.97 Å². The number of hydrogen-bond acceptors (Lipinski definition) is 6. The number of carbonyl (C=O) groups is 1. The summed E-state index contributed by atoms with van der Waals surface area (Å²) in [6, 6.07) is 19.3. The third-order valence-electron chi connectivity index (χ3n) is 3.22. The van der Waals surface area contributed by atoms with Crippen LogP contribution in [0.2, 0.25) is 0 Å². The van der Waals surface area contributed by atoms with Crippen LogP contribution in [0.5, 0.6) is 0 Å². The maximum absolute atomic E-state index is 12.0. The first-order chi connectivity index (χ1) is 11.8. The van der Waals surface area contributed by atoms with Crippen LogP contribution in [0.15, 0.2) is 65.8 Å². The predicted octanol–water partition coefficient (Wildman–Crippen LogP) is 4.04. The van der Waals surface area contributed by atoms with Gasteiger partial charge in [0.25, 0.3) is 0 Å². The van der Waals surface area contributed by atoms with Crippen molar-refractivity contribution in [1.82, 2.24) is 4.98 Å². The molecule has 0 amide bonds. The highest BCUT2D eigenvalue weighted by atomic mass is 32.1. The second kappa shape index (κ2) is 7.52. The van der Waals surface area contributed by atoms with Gasteiger partial charge in [-0.3, -0.25) is 5.43 Å². The van der Waals surface area contributed by atoms with Crippen molar-refractivity contribution in [1.29, 1.82) is 0 Å². The van der Waals surface area contributed by atoms with Crippen LogP contribution >= 0.6 is 11.3 Å². The first kappa shape index (κ1) is 15.9. The summed E-state index contributed by atoms with van der Waals surface area (Å²) in [5.74, 6) is -0.467. The number of benzene rings is 2. The number of rotatable bonds is 5. The molecule has 1 N–H and O–H groups in total. The minimum absolute atomic E-state index is 0.283. The predicted molar refractivity (Wildman–Crippen MR) is 96.5 cm³/mol. The van der Waals surface area contributed by atoms with E-state index >= 15 is 0 Å². The number of ether oxygens (including phenoxy) is 1. The fourth-order valence-electron chi connectivity index (χ4n) is 2.09. The van der Waals surface area contributed by atoms with Gasteiger partial charge in [0.15, 0.2) is 5.69 Å². The van der Waals surface area contributed by atoms with Crippen LogP contribution in [0.1, 0.15) is 16.1 Å². The fourth-order valence-corrected chi connectivity index (χ4v) is 3.00. The van der Waals surface area contributed by atoms with Crippen molar-refractivity contribution in [2.75, 3.05) is 12.5 Å². The van der Waals surface area contributed by atoms with Gasteiger partial charge in [0, 0.05) is 0 Å². The lowest BCUT2D eigenvalue weighted by atomic mass is 10.1. The molecule has 0 atom stereocenters. The van der Waals surface area contributed by atoms with E-state index in [1.807, 2.05) is 60.7 Å². The lowest BCUT2D eigenvalue weighted by Crippen LogP contribution is -2.03. The molecular formula is C18H15N3O2S. The van der Waals surface area contributed by atoms with Crippen molar-refractivity contribution in [3.63, 3.8) is 0 Å². The SMILES string of the molecule is COC(=O)c1nc(N/N=C/c2ccccc2)sc1-c1ccccc1. The fraction of sp³-hybridized carbons (Fsp3) is 0.0556. The summed E-state index contributed by atoms with van der Waals surface area (Å²) >= 11 is 1.35. The van der Waals surface area contributed by atoms with Crippen molar-refractivity contribution < 1.29 is 9.53 Å². The monoisotopic (exact) mass is 337 g/mol. The molecule has 0 bridgehead atoms. The van der Waals surface area contributed by atoms with E-state index < -0.39 is 5.97 Å². The van der Waals surface area contributed by atoms with Gasteiger partial charge in [-0.25, -0.2) is 9.78 Å². The Labute approximate surface area is 143 Å². The molecule has 3 rings (SSSR count). The maximum Gasteiger partial charge on any atom is 0.358 e. The van der Waals surface area contributed by atoms with E-state index in [-0.39, 0.29) is 5.69 Å². The zero-order chi connectivity index (χ0) is 16.8. The van der Waals surface area contributed by atoms with Crippen LogP contribution in [-0.4, -0.2) is 24.3 Å². The average molecular weight is 337 g/mol. The molecule has 0 radical (unpaired) electrons. The second-order valence-corrected chi connectivity index (χ2v) is 5.83. The van der Waals surface area contributed by atoms with Gasteiger partial charge in [-0.1, -0.05) is 72.0 Å². The van der Waals surface area contributed by atoms with Crippen LogP contribution in [0.25, 0.3) is 10.4 Å². The Hall–Kier alpha value is -2.99. The molecule has 0 spiro atoms. The summed E-state index contributed by atoms with van der Waals surface area (Å²) in [5, 5.41) is 4.70. The molecule has 1 heterocycles. The molecule has 0 aliphatic rings. The molecule has 3 aromatic rings. The van der Waals surface area contributed by atoms with Gasteiger partial charge in [-0.05, 0) is 11.1 Å². The van der Waals surface area contributed by atoms with Gasteiger partial charge in [0.1, 0.15) is 0 Å². The minimum atomic E-state index is -0.467. The minimum Gasteiger partial charge on any atom is -0.464 e. The van der Waals surface area contributed by atoms with E-state index in [4.69, 9.17) is 4.74 Å². The maximum atomic E-state index is 12.0. The molecule has 0 saturated heterocycles. The van der Waals surface area contributed by atoms with Crippen molar-refractivity contribution in [3.05, 3.63) is 71.9 Å². The molecular weight excluding hydrogens is 322 g/mol. The largest absolute Gasteiger partial charge is 0.464 e. The zero-order valence-corrected chi connectivity index (χ0v) is 13.8. The highest BCUT2D eigenvalue weighted by molar-refractivity contribution is 7.19. The van der Waals surface area contributed by atoms with Crippen LogP contribution in [0.4, 0.5) is 5.13 Å². The van der Waals surface area contributed by atoms with Gasteiger partial charge in [0.2, 0.25) is 5.13 Å². The van der Waals surface area contributed by atoms with E-state index in [0.717, 1.165) is 16.0 Å². The summed E-state index contributed by atoms with van der Waals surface area (Å²) in [6.07, 6.45) is 1.70. The molecule has 5 nitrogen and oxygen atoms in total. The molecule has 1 aromatic heterocycles. The third-order valence-corrected chi connectivity index (χ3v) is 4.22. The Morgan fingerprint density at radius 2 is 1.79 bits per heavy atom. The molecule has 6 heteroatoms. The zero-order valence-electron chi connectivity index (χ0n) is 13.0. The van der Waals surface area contributed by atoms with Crippen LogP contribution in [0.3, 0.4) is 0 Å². The number of esters is 1. The number of nitrogens with one attached hydrogen (secondary N) is 1. The average Bonchev–Trinajstić information content (AvgIpc) is 3.07. The van der Waals surface area contributed by atoms with Crippen LogP contribution in [-0.2, 0) is 4.74 Å². The summed E-state index contributed by atoms with van der Waals surface area (Å²) in [4.78, 5) is 17.0. The molecule has 0 saturated carbocycles. The number of methoxy groups -OCH3 is 1. The Bertz CT molecular complexity index is 845. The van der Waals surface area contributed by atoms with Crippen molar-refractivity contribution in [3.8, 4) is 10.4 Å². The van der Waals surface area contributed by atoms with E-state index in [1.165, 1.54) is 18.4 Å². The van der Waals surface area contributed by atoms with E-state index in [1.54, 1.807) is 6.21 Å². The molecule has 0 aliphatic heterocycles. The highest BCUT2D eigenvalue weighted by Crippen LogP contribution is 2.33. The summed E-state index contributed by atoms with van der Waals surface area (Å²) < 4.78 is 4.82. The topological polar surface area (TPSA) is 63.6 Å². The summed E-state index contributed by atoms with van der Waals surface area (Å²) in [6.45, 7) is 0. The number of thiazole rings is 1. The Kier molecular flexibility index (Phi) is 4.98. The molecule has 0 fully saturated rings. The highest BCUT2D eigenvalue weighted by Gasteiger charge is 2.19. The summed E-state index contributed by atoms with van der Waals surface area (Å²) in [5.41, 5.74) is 5.04. The van der Waals surface area contributed by atoms with E-state index in [9.17, 15) is 4.79 Å². The second-order valence-electron chi connectivity index (χ2n) is 4.84. The standard InChI is InChI=1S/C18H15N3O2S/c1-23-17(22)15-16(14-10-6-3-7-11-14)24-18(20-15)21-19-12-13-8-4-2-5-9-13/h2-12H,1H3,(H,20,21)/b19-12+. The summed E-state index contributed by atoms with van der Waals surface area (Å²) in [7, 11) is 1.34. The lowest BCUT2D eigenvalue weighted by Gasteiger charge is -1.99. The molecule has 120 valence electrons. The first-order valence-corrected chi connectivity index (χ1v) is 8.08. The number of carbonyl (C=O) groups excluding carboxylic acids is 1. The molecule has 24 heavy (non-hydrogen) atoms. The van der Waals surface area contributed by atoms with Crippen molar-refractivity contribution >= 4 is 28.7 Å². The van der Waals surface area contributed by atoms with Crippen LogP contribution in [0, 0.1) is 0 Å². The first-order valence-electron chi connectivity index (χ1n) is 7.26. The molecule has 0 unspecified atom stereocenters. The third kappa shape index (κ3) is 3.67. The van der Waals surface area contributed by atoms with Crippen LogP contribution < -0.4 is 5.43 Å². The van der Waals surface area contributed by atoms with E-state index in [2.05, 4.69) is 15.5 Å². The molecule has 0 aliphatic carbocycles. The number of hydrazone groups is 1. The Balaban J connectivity index is 1.86. The van der Waals surface area contributed by atoms with Gasteiger partial charge < -0.3 is 4.74 Å². The number of anilines is 1. The number of nitrogens with zero attached hydrogens (tertiary/aromatic N) is 2. The number of aromatic nitrogens is 1. The quantitative estimate of drug-likeness (QED) is 0.433. The van der Waals surface area contributed by atoms with Crippen molar-refractivity contribution in [2.45, 2.75) is 0 Å². The van der Waals surface area contributed by atoms with Gasteiger partial charge in [-0.2, -0.15) is 5.10 Å².